The van der Waals surface area contributed by atoms with Crippen LogP contribution < -0.4 is 5.32 Å². The maximum Gasteiger partial charge on any atom is 0.238 e. The Hall–Kier alpha value is -0.580. The number of hydrogen-bond donors (Lipinski definition) is 1. The van der Waals surface area contributed by atoms with Gasteiger partial charge in [0.05, 0.1) is 11.6 Å². The molecular formula is C12H14BrClN2O. The van der Waals surface area contributed by atoms with E-state index in [0.717, 1.165) is 23.2 Å². The quantitative estimate of drug-likeness (QED) is 0.929. The summed E-state index contributed by atoms with van der Waals surface area (Å²) >= 11 is 9.27. The van der Waals surface area contributed by atoms with Crippen molar-refractivity contribution < 1.29 is 4.79 Å². The summed E-state index contributed by atoms with van der Waals surface area (Å²) in [6.07, 6.45) is 2.38. The van der Waals surface area contributed by atoms with Crippen molar-refractivity contribution in [2.75, 3.05) is 25.0 Å². The second-order valence-electron chi connectivity index (χ2n) is 4.16. The molecule has 17 heavy (non-hydrogen) atoms. The molecule has 3 nitrogen and oxygen atoms in total. The molecule has 1 heterocycles. The molecular weight excluding hydrogens is 304 g/mol. The first-order chi connectivity index (χ1) is 8.15. The van der Waals surface area contributed by atoms with Gasteiger partial charge < -0.3 is 5.32 Å². The molecule has 0 bridgehead atoms. The van der Waals surface area contributed by atoms with Crippen LogP contribution in [-0.4, -0.2) is 30.4 Å². The Bertz CT molecular complexity index is 419. The van der Waals surface area contributed by atoms with Crippen LogP contribution in [0.1, 0.15) is 12.8 Å². The van der Waals surface area contributed by atoms with Gasteiger partial charge in [0.1, 0.15) is 0 Å². The number of benzene rings is 1. The van der Waals surface area contributed by atoms with Gasteiger partial charge in [0, 0.05) is 10.2 Å². The highest BCUT2D eigenvalue weighted by atomic mass is 79.9. The first-order valence-corrected chi connectivity index (χ1v) is 6.79. The van der Waals surface area contributed by atoms with E-state index in [9.17, 15) is 4.79 Å². The second-order valence-corrected chi connectivity index (χ2v) is 5.42. The topological polar surface area (TPSA) is 32.3 Å². The third-order valence-corrected chi connectivity index (χ3v) is 4.00. The number of anilines is 1. The zero-order chi connectivity index (χ0) is 12.3. The number of rotatable bonds is 3. The fourth-order valence-corrected chi connectivity index (χ4v) is 2.35. The average molecular weight is 318 g/mol. The molecule has 0 saturated carbocycles. The van der Waals surface area contributed by atoms with E-state index in [0.29, 0.717) is 11.6 Å². The van der Waals surface area contributed by atoms with Crippen molar-refractivity contribution in [1.29, 1.82) is 0 Å². The first-order valence-electron chi connectivity index (χ1n) is 5.62. The van der Waals surface area contributed by atoms with Gasteiger partial charge in [-0.2, -0.15) is 0 Å². The van der Waals surface area contributed by atoms with Crippen molar-refractivity contribution in [1.82, 2.24) is 4.90 Å². The van der Waals surface area contributed by atoms with Gasteiger partial charge in [-0.1, -0.05) is 11.6 Å². The van der Waals surface area contributed by atoms with Gasteiger partial charge in [0.2, 0.25) is 5.91 Å². The van der Waals surface area contributed by atoms with E-state index >= 15 is 0 Å². The van der Waals surface area contributed by atoms with Crippen molar-refractivity contribution in [2.45, 2.75) is 12.8 Å². The summed E-state index contributed by atoms with van der Waals surface area (Å²) in [6.45, 7) is 2.51. The highest BCUT2D eigenvalue weighted by Gasteiger charge is 2.15. The monoisotopic (exact) mass is 316 g/mol. The second kappa shape index (κ2) is 5.85. The lowest BCUT2D eigenvalue weighted by molar-refractivity contribution is -0.117. The van der Waals surface area contributed by atoms with Crippen LogP contribution in [0.25, 0.3) is 0 Å². The van der Waals surface area contributed by atoms with Crippen LogP contribution in [0.5, 0.6) is 0 Å². The van der Waals surface area contributed by atoms with Crippen LogP contribution in [0, 0.1) is 0 Å². The maximum absolute atomic E-state index is 11.8. The summed E-state index contributed by atoms with van der Waals surface area (Å²) in [5.41, 5.74) is 0.738. The van der Waals surface area contributed by atoms with E-state index in [1.807, 2.05) is 12.1 Å². The summed E-state index contributed by atoms with van der Waals surface area (Å²) in [5, 5.41) is 3.45. The Kier molecular flexibility index (Phi) is 4.42. The van der Waals surface area contributed by atoms with Gasteiger partial charge in [-0.15, -0.1) is 0 Å². The van der Waals surface area contributed by atoms with Crippen LogP contribution in [0.3, 0.4) is 0 Å². The van der Waals surface area contributed by atoms with Gasteiger partial charge in [-0.3, -0.25) is 9.69 Å². The van der Waals surface area contributed by atoms with Crippen molar-refractivity contribution in [3.63, 3.8) is 0 Å². The molecule has 1 amide bonds. The summed E-state index contributed by atoms with van der Waals surface area (Å²) in [6, 6.07) is 5.40. The van der Waals surface area contributed by atoms with Crippen LogP contribution in [-0.2, 0) is 4.79 Å². The summed E-state index contributed by atoms with van der Waals surface area (Å²) < 4.78 is 0.830. The molecule has 1 aliphatic heterocycles. The zero-order valence-corrected chi connectivity index (χ0v) is 11.7. The van der Waals surface area contributed by atoms with Crippen molar-refractivity contribution in [3.8, 4) is 0 Å². The maximum atomic E-state index is 11.8. The number of hydrogen-bond acceptors (Lipinski definition) is 2. The Labute approximate surface area is 114 Å². The van der Waals surface area contributed by atoms with Gasteiger partial charge >= 0.3 is 0 Å². The average Bonchev–Trinajstić information content (AvgIpc) is 2.76. The predicted molar refractivity (Wildman–Crippen MR) is 73.5 cm³/mol. The predicted octanol–water partition coefficient (Wildman–Crippen LogP) is 3.14. The lowest BCUT2D eigenvalue weighted by Gasteiger charge is -2.14. The van der Waals surface area contributed by atoms with E-state index in [1.54, 1.807) is 6.07 Å². The standard InChI is InChI=1S/C12H14BrClN2O/c13-10-4-3-9(7-11(10)14)15-12(17)8-16-5-1-2-6-16/h3-4,7H,1-2,5-6,8H2,(H,15,17). The van der Waals surface area contributed by atoms with Crippen LogP contribution >= 0.6 is 27.5 Å². The number of carbonyl (C=O) groups excluding carboxylic acids is 1. The minimum Gasteiger partial charge on any atom is -0.325 e. The van der Waals surface area contributed by atoms with Gasteiger partial charge in [-0.25, -0.2) is 0 Å². The highest BCUT2D eigenvalue weighted by molar-refractivity contribution is 9.10. The molecule has 0 radical (unpaired) electrons. The van der Waals surface area contributed by atoms with Crippen molar-refractivity contribution >= 4 is 39.1 Å². The normalized spacial score (nSPS) is 16.1. The summed E-state index contributed by atoms with van der Waals surface area (Å²) in [5.74, 6) is 0.0188. The smallest absolute Gasteiger partial charge is 0.238 e. The molecule has 0 aromatic heterocycles. The van der Waals surface area contributed by atoms with Crippen molar-refractivity contribution in [3.05, 3.63) is 27.7 Å². The molecule has 2 rings (SSSR count). The third kappa shape index (κ3) is 3.69. The largest absolute Gasteiger partial charge is 0.325 e. The summed E-state index contributed by atoms with van der Waals surface area (Å²) in [4.78, 5) is 13.9. The Morgan fingerprint density at radius 3 is 2.76 bits per heavy atom. The minimum absolute atomic E-state index is 0.0188. The number of amides is 1. The molecule has 1 aliphatic rings. The molecule has 1 aromatic rings. The molecule has 0 aliphatic carbocycles. The van der Waals surface area contributed by atoms with E-state index in [1.165, 1.54) is 12.8 Å². The Balaban J connectivity index is 1.90. The zero-order valence-electron chi connectivity index (χ0n) is 9.38. The molecule has 0 spiro atoms. The third-order valence-electron chi connectivity index (χ3n) is 2.77. The molecule has 5 heteroatoms. The van der Waals surface area contributed by atoms with Crippen LogP contribution in [0.15, 0.2) is 22.7 Å². The number of nitrogens with zero attached hydrogens (tertiary/aromatic N) is 1. The van der Waals surface area contributed by atoms with E-state index in [-0.39, 0.29) is 5.91 Å². The van der Waals surface area contributed by atoms with Gasteiger partial charge in [0.25, 0.3) is 0 Å². The van der Waals surface area contributed by atoms with E-state index in [2.05, 4.69) is 26.1 Å². The number of likely N-dealkylation sites (tertiary alicyclic amines) is 1. The Morgan fingerprint density at radius 1 is 1.41 bits per heavy atom. The molecule has 1 saturated heterocycles. The Morgan fingerprint density at radius 2 is 2.12 bits per heavy atom. The SMILES string of the molecule is O=C(CN1CCCC1)Nc1ccc(Br)c(Cl)c1. The molecule has 1 fully saturated rings. The van der Waals surface area contributed by atoms with Crippen LogP contribution in [0.4, 0.5) is 5.69 Å². The molecule has 0 unspecified atom stereocenters. The van der Waals surface area contributed by atoms with E-state index in [4.69, 9.17) is 11.6 Å². The minimum atomic E-state index is 0.0188. The van der Waals surface area contributed by atoms with Crippen molar-refractivity contribution in [2.24, 2.45) is 0 Å². The summed E-state index contributed by atoms with van der Waals surface area (Å²) in [7, 11) is 0. The van der Waals surface area contributed by atoms with Crippen LogP contribution in [0.2, 0.25) is 5.02 Å². The van der Waals surface area contributed by atoms with Gasteiger partial charge in [0.15, 0.2) is 0 Å². The highest BCUT2D eigenvalue weighted by Crippen LogP contribution is 2.25. The fourth-order valence-electron chi connectivity index (χ4n) is 1.92. The molecule has 0 atom stereocenters. The number of carbonyl (C=O) groups is 1. The molecule has 1 N–H and O–H groups in total. The number of halogens is 2. The number of nitrogens with one attached hydrogen (secondary N) is 1. The first kappa shape index (κ1) is 12.9. The van der Waals surface area contributed by atoms with E-state index < -0.39 is 0 Å². The fraction of sp³-hybridized carbons (Fsp3) is 0.417. The molecule has 1 aromatic carbocycles. The molecule has 92 valence electrons. The lowest BCUT2D eigenvalue weighted by Crippen LogP contribution is -2.30. The van der Waals surface area contributed by atoms with Gasteiger partial charge in [-0.05, 0) is 60.1 Å². The lowest BCUT2D eigenvalue weighted by atomic mass is 10.3.